The predicted molar refractivity (Wildman–Crippen MR) is 164 cm³/mol. The summed E-state index contributed by atoms with van der Waals surface area (Å²) >= 11 is 0. The molecule has 1 heterocycles. The van der Waals surface area contributed by atoms with E-state index >= 15 is 0 Å². The molecule has 0 amide bonds. The molecule has 2 aromatic rings. The molecule has 0 aliphatic carbocycles. The third-order valence-electron chi connectivity index (χ3n) is 6.79. The van der Waals surface area contributed by atoms with Crippen LogP contribution in [0.3, 0.4) is 0 Å². The van der Waals surface area contributed by atoms with Crippen molar-refractivity contribution in [1.82, 2.24) is 0 Å². The highest BCUT2D eigenvalue weighted by Crippen LogP contribution is 2.26. The van der Waals surface area contributed by atoms with Gasteiger partial charge >= 0.3 is 0 Å². The minimum absolute atomic E-state index is 0.615. The van der Waals surface area contributed by atoms with Crippen molar-refractivity contribution < 1.29 is 0 Å². The fraction of sp³-hybridized carbons (Fsp3) is 0.514. The third kappa shape index (κ3) is 11.1. The maximum atomic E-state index is 5.10. The summed E-state index contributed by atoms with van der Waals surface area (Å²) in [4.78, 5) is 5.10. The van der Waals surface area contributed by atoms with Crippen LogP contribution < -0.4 is 0 Å². The number of nitrogens with zero attached hydrogens (tertiary/aromatic N) is 1. The Labute approximate surface area is 223 Å². The van der Waals surface area contributed by atoms with E-state index < -0.39 is 0 Å². The lowest BCUT2D eigenvalue weighted by Gasteiger charge is -2.19. The molecular formula is C35H53N. The quantitative estimate of drug-likeness (QED) is 0.344. The van der Waals surface area contributed by atoms with Crippen LogP contribution >= 0.6 is 0 Å². The summed E-state index contributed by atoms with van der Waals surface area (Å²) in [5.74, 6) is 0.615. The summed E-state index contributed by atoms with van der Waals surface area (Å²) in [6.07, 6.45) is 15.3. The van der Waals surface area contributed by atoms with Gasteiger partial charge in [-0.2, -0.15) is 0 Å². The van der Waals surface area contributed by atoms with Crippen molar-refractivity contribution in [2.45, 2.75) is 106 Å². The van der Waals surface area contributed by atoms with Gasteiger partial charge in [-0.1, -0.05) is 113 Å². The van der Waals surface area contributed by atoms with Gasteiger partial charge in [-0.05, 0) is 81.9 Å². The highest BCUT2D eigenvalue weighted by Gasteiger charge is 2.15. The van der Waals surface area contributed by atoms with Crippen molar-refractivity contribution in [2.75, 3.05) is 6.54 Å². The molecular weight excluding hydrogens is 434 g/mol. The summed E-state index contributed by atoms with van der Waals surface area (Å²) in [7, 11) is 0. The summed E-state index contributed by atoms with van der Waals surface area (Å²) in [5, 5.41) is 0. The van der Waals surface area contributed by atoms with Crippen LogP contribution in [0, 0.1) is 19.8 Å². The number of benzene rings is 2. The molecule has 36 heavy (non-hydrogen) atoms. The second-order valence-electron chi connectivity index (χ2n) is 9.68. The molecule has 0 saturated carbocycles. The largest absolute Gasteiger partial charge is 0.285 e. The number of allylic oxidation sites excluding steroid dienone is 3. The Kier molecular flexibility index (Phi) is 16.5. The van der Waals surface area contributed by atoms with Crippen molar-refractivity contribution in [3.63, 3.8) is 0 Å². The lowest BCUT2D eigenvalue weighted by molar-refractivity contribution is 0.532. The molecule has 1 heteroatoms. The van der Waals surface area contributed by atoms with Gasteiger partial charge in [0.25, 0.3) is 0 Å². The lowest BCUT2D eigenvalue weighted by atomic mass is 9.88. The summed E-state index contributed by atoms with van der Waals surface area (Å²) in [5.41, 5.74) is 9.73. The number of hydrogen-bond donors (Lipinski definition) is 0. The second kappa shape index (κ2) is 18.8. The van der Waals surface area contributed by atoms with Crippen LogP contribution in [0.15, 0.2) is 71.8 Å². The average Bonchev–Trinajstić information content (AvgIpc) is 2.92. The first kappa shape index (κ1) is 31.6. The maximum Gasteiger partial charge on any atom is 0.0651 e. The van der Waals surface area contributed by atoms with Crippen molar-refractivity contribution in [2.24, 2.45) is 10.9 Å². The van der Waals surface area contributed by atoms with Crippen molar-refractivity contribution in [3.8, 4) is 0 Å². The van der Waals surface area contributed by atoms with E-state index in [1.54, 1.807) is 5.57 Å². The lowest BCUT2D eigenvalue weighted by Crippen LogP contribution is -2.11. The van der Waals surface area contributed by atoms with Crippen molar-refractivity contribution >= 4 is 5.71 Å². The van der Waals surface area contributed by atoms with Crippen LogP contribution in [0.25, 0.3) is 0 Å². The topological polar surface area (TPSA) is 12.4 Å². The van der Waals surface area contributed by atoms with Crippen LogP contribution in [-0.4, -0.2) is 12.3 Å². The number of aliphatic imine (C=N–C) groups is 1. The molecule has 1 atom stereocenters. The zero-order valence-electron chi connectivity index (χ0n) is 24.5. The number of unbranched alkanes of at least 4 members (excludes halogenated alkanes) is 1. The Morgan fingerprint density at radius 2 is 1.47 bits per heavy atom. The van der Waals surface area contributed by atoms with Gasteiger partial charge in [-0.25, -0.2) is 0 Å². The SMILES string of the molecule is C=CC1CCCCN=C(c2c(CC)cccc2CC)/C=C(/CCCC)C1.CC.Cc1ccc(C)cc1. The fourth-order valence-corrected chi connectivity index (χ4v) is 4.59. The maximum absolute atomic E-state index is 5.10. The first-order valence-electron chi connectivity index (χ1n) is 14.5. The van der Waals surface area contributed by atoms with Gasteiger partial charge in [0.05, 0.1) is 5.71 Å². The monoisotopic (exact) mass is 487 g/mol. The van der Waals surface area contributed by atoms with E-state index in [0.717, 1.165) is 25.8 Å². The highest BCUT2D eigenvalue weighted by atomic mass is 14.7. The van der Waals surface area contributed by atoms with Crippen LogP contribution in [-0.2, 0) is 12.8 Å². The van der Waals surface area contributed by atoms with Gasteiger partial charge in [-0.3, -0.25) is 4.99 Å². The molecule has 0 radical (unpaired) electrons. The Morgan fingerprint density at radius 3 is 1.97 bits per heavy atom. The van der Waals surface area contributed by atoms with E-state index in [9.17, 15) is 0 Å². The van der Waals surface area contributed by atoms with Crippen LogP contribution in [0.2, 0.25) is 0 Å². The molecule has 1 unspecified atom stereocenters. The molecule has 0 fully saturated rings. The van der Waals surface area contributed by atoms with Gasteiger partial charge in [-0.15, -0.1) is 6.58 Å². The second-order valence-corrected chi connectivity index (χ2v) is 9.68. The van der Waals surface area contributed by atoms with Gasteiger partial charge < -0.3 is 0 Å². The molecule has 1 nitrogen and oxygen atoms in total. The number of rotatable bonds is 7. The fourth-order valence-electron chi connectivity index (χ4n) is 4.59. The molecule has 0 spiro atoms. The molecule has 1 aliphatic heterocycles. The Balaban J connectivity index is 0.000000543. The van der Waals surface area contributed by atoms with E-state index in [1.165, 1.54) is 72.1 Å². The third-order valence-corrected chi connectivity index (χ3v) is 6.79. The Hall–Kier alpha value is -2.41. The Morgan fingerprint density at radius 1 is 0.889 bits per heavy atom. The van der Waals surface area contributed by atoms with Gasteiger partial charge in [0.2, 0.25) is 0 Å². The van der Waals surface area contributed by atoms with E-state index in [0.29, 0.717) is 5.92 Å². The average molecular weight is 488 g/mol. The zero-order chi connectivity index (χ0) is 26.8. The van der Waals surface area contributed by atoms with Crippen LogP contribution in [0.5, 0.6) is 0 Å². The van der Waals surface area contributed by atoms with Gasteiger partial charge in [0.1, 0.15) is 0 Å². The van der Waals surface area contributed by atoms with E-state index in [4.69, 9.17) is 4.99 Å². The first-order valence-corrected chi connectivity index (χ1v) is 14.5. The smallest absolute Gasteiger partial charge is 0.0651 e. The predicted octanol–water partition coefficient (Wildman–Crippen LogP) is 10.4. The molecule has 2 aromatic carbocycles. The number of hydrogen-bond acceptors (Lipinski definition) is 1. The zero-order valence-corrected chi connectivity index (χ0v) is 24.5. The van der Waals surface area contributed by atoms with E-state index in [-0.39, 0.29) is 0 Å². The van der Waals surface area contributed by atoms with Crippen LogP contribution in [0.4, 0.5) is 0 Å². The molecule has 3 rings (SSSR count). The highest BCUT2D eigenvalue weighted by molar-refractivity contribution is 6.11. The van der Waals surface area contributed by atoms with E-state index in [1.807, 2.05) is 13.8 Å². The molecule has 1 aliphatic rings. The summed E-state index contributed by atoms with van der Waals surface area (Å²) in [6, 6.07) is 15.2. The molecule has 198 valence electrons. The molecule has 0 bridgehead atoms. The van der Waals surface area contributed by atoms with Gasteiger partial charge in [0.15, 0.2) is 0 Å². The normalized spacial score (nSPS) is 17.2. The molecule has 0 aromatic heterocycles. The Bertz CT molecular complexity index is 886. The van der Waals surface area contributed by atoms with E-state index in [2.05, 4.69) is 95.8 Å². The van der Waals surface area contributed by atoms with Crippen molar-refractivity contribution in [1.29, 1.82) is 0 Å². The van der Waals surface area contributed by atoms with Gasteiger partial charge in [0, 0.05) is 12.1 Å². The van der Waals surface area contributed by atoms with Crippen molar-refractivity contribution in [3.05, 3.63) is 94.6 Å². The number of aryl methyl sites for hydroxylation is 4. The minimum atomic E-state index is 0.615. The first-order chi connectivity index (χ1) is 17.5. The van der Waals surface area contributed by atoms with Crippen LogP contribution in [0.1, 0.15) is 107 Å². The minimum Gasteiger partial charge on any atom is -0.285 e. The molecule has 0 saturated heterocycles. The summed E-state index contributed by atoms with van der Waals surface area (Å²) in [6.45, 7) is 20.0. The summed E-state index contributed by atoms with van der Waals surface area (Å²) < 4.78 is 0. The molecule has 0 N–H and O–H groups in total. The standard InChI is InChI=1S/C25H37N.C8H10.C2H6/c1-5-9-13-21-18-20(6-2)14-10-11-17-26-24(19-21)25-22(7-3)15-12-16-23(25)8-4;1-7-3-5-8(2)6-4-7;1-2/h6,12,15-16,19-20H,2,5,7-11,13-14,17-18H2,1,3-4H3;3-6H,1-2H3;1-2H3/b21-19-,26-24?;;.